The van der Waals surface area contributed by atoms with E-state index >= 15 is 0 Å². The Kier molecular flexibility index (Phi) is 8.89. The zero-order valence-corrected chi connectivity index (χ0v) is 16.4. The Hall–Kier alpha value is -1.63. The van der Waals surface area contributed by atoms with Crippen LogP contribution >= 0.6 is 0 Å². The van der Waals surface area contributed by atoms with Gasteiger partial charge >= 0.3 is 17.1 Å². The van der Waals surface area contributed by atoms with E-state index < -0.39 is 0 Å². The molecule has 25 heavy (non-hydrogen) atoms. The number of benzene rings is 1. The molecule has 3 rings (SSSR count). The Labute approximate surface area is 163 Å². The third-order valence-corrected chi connectivity index (χ3v) is 3.69. The molecule has 0 radical (unpaired) electrons. The van der Waals surface area contributed by atoms with Crippen LogP contribution in [0.4, 0.5) is 0 Å². The fourth-order valence-electron chi connectivity index (χ4n) is 2.62. The number of Topliss-reactive ketones (excluding diaryl/α,β-unsaturated/α-hetero) is 1. The maximum atomic E-state index is 11.7. The largest absolute Gasteiger partial charge is 2.00 e. The van der Waals surface area contributed by atoms with Crippen LogP contribution in [-0.4, -0.2) is 5.78 Å². The quantitative estimate of drug-likeness (QED) is 0.495. The molecule has 0 saturated heterocycles. The number of carbonyl (C=O) groups is 1. The molecule has 2 aliphatic carbocycles. The second kappa shape index (κ2) is 10.4. The van der Waals surface area contributed by atoms with Gasteiger partial charge in [0.25, 0.3) is 0 Å². The average molecular weight is 374 g/mol. The van der Waals surface area contributed by atoms with Crippen LogP contribution in [0.1, 0.15) is 45.6 Å². The van der Waals surface area contributed by atoms with Crippen molar-refractivity contribution in [1.82, 2.24) is 0 Å². The van der Waals surface area contributed by atoms with E-state index in [1.165, 1.54) is 5.57 Å². The molecule has 132 valence electrons. The summed E-state index contributed by atoms with van der Waals surface area (Å²) in [6, 6.07) is 9.79. The van der Waals surface area contributed by atoms with E-state index in [1.807, 2.05) is 42.5 Å². The zero-order valence-electron chi connectivity index (χ0n) is 15.3. The van der Waals surface area contributed by atoms with Gasteiger partial charge in [0.15, 0.2) is 0 Å². The van der Waals surface area contributed by atoms with Gasteiger partial charge in [-0.05, 0) is 11.8 Å². The summed E-state index contributed by atoms with van der Waals surface area (Å²) in [6.45, 7) is 6.77. The molecular formula is C23H26FeO. The third kappa shape index (κ3) is 8.34. The van der Waals surface area contributed by atoms with Gasteiger partial charge in [0, 0.05) is 0 Å². The van der Waals surface area contributed by atoms with Crippen LogP contribution in [0.25, 0.3) is 0 Å². The average Bonchev–Trinajstić information content (AvgIpc) is 3.20. The van der Waals surface area contributed by atoms with Gasteiger partial charge in [0.1, 0.15) is 0 Å². The molecule has 0 aromatic heterocycles. The van der Waals surface area contributed by atoms with Crippen molar-refractivity contribution in [3.05, 3.63) is 83.5 Å². The van der Waals surface area contributed by atoms with E-state index in [4.69, 9.17) is 0 Å². The van der Waals surface area contributed by atoms with E-state index in [-0.39, 0.29) is 22.9 Å². The molecule has 0 unspecified atom stereocenters. The number of hydrogen-bond donors (Lipinski definition) is 0. The second-order valence-electron chi connectivity index (χ2n) is 7.33. The van der Waals surface area contributed by atoms with E-state index in [0.717, 1.165) is 30.4 Å². The summed E-state index contributed by atoms with van der Waals surface area (Å²) < 4.78 is 0. The molecule has 2 aliphatic rings. The molecule has 0 saturated carbocycles. The van der Waals surface area contributed by atoms with Gasteiger partial charge in [-0.1, -0.05) is 69.5 Å². The summed E-state index contributed by atoms with van der Waals surface area (Å²) in [6.07, 6.45) is 17.9. The van der Waals surface area contributed by atoms with Crippen molar-refractivity contribution < 1.29 is 21.9 Å². The minimum absolute atomic E-state index is 0. The minimum atomic E-state index is 0. The number of allylic oxidation sites excluding steroid dienone is 8. The van der Waals surface area contributed by atoms with Crippen molar-refractivity contribution in [3.63, 3.8) is 0 Å². The molecule has 0 fully saturated rings. The third-order valence-electron chi connectivity index (χ3n) is 3.69. The summed E-state index contributed by atoms with van der Waals surface area (Å²) >= 11 is 0. The second-order valence-corrected chi connectivity index (χ2v) is 7.33. The van der Waals surface area contributed by atoms with Crippen molar-refractivity contribution in [2.24, 2.45) is 5.41 Å². The molecular weight excluding hydrogens is 348 g/mol. The predicted molar refractivity (Wildman–Crippen MR) is 100 cm³/mol. The first kappa shape index (κ1) is 21.4. The van der Waals surface area contributed by atoms with E-state index in [9.17, 15) is 4.79 Å². The minimum Gasteiger partial charge on any atom is -0.370 e. The van der Waals surface area contributed by atoms with Gasteiger partial charge in [-0.3, -0.25) is 6.08 Å². The molecule has 0 aliphatic heterocycles. The van der Waals surface area contributed by atoms with Gasteiger partial charge in [0.05, 0.1) is 5.78 Å². The first-order valence-electron chi connectivity index (χ1n) is 8.55. The van der Waals surface area contributed by atoms with Gasteiger partial charge in [-0.2, -0.15) is 23.8 Å². The standard InChI is InChI=1S/C13H11O.C10H15.Fe/c14-13(12-8-4-5-9-12)10-11-6-2-1-3-7-11;1-10(2,3)8-9-6-4-5-7-9;/h1-4,6-8H,5,10H2;4,6H,5,8H2,1-3H3;/q2*-1;+2. The Morgan fingerprint density at radius 3 is 2.16 bits per heavy atom. The van der Waals surface area contributed by atoms with Crippen LogP contribution in [-0.2, 0) is 28.3 Å². The predicted octanol–water partition coefficient (Wildman–Crippen LogP) is 5.60. The van der Waals surface area contributed by atoms with Crippen LogP contribution in [0.15, 0.2) is 65.8 Å². The summed E-state index contributed by atoms with van der Waals surface area (Å²) in [7, 11) is 0. The first-order valence-corrected chi connectivity index (χ1v) is 8.55. The van der Waals surface area contributed by atoms with E-state index in [1.54, 1.807) is 0 Å². The summed E-state index contributed by atoms with van der Waals surface area (Å²) in [5.74, 6) is 0.157. The van der Waals surface area contributed by atoms with Crippen molar-refractivity contribution in [3.8, 4) is 0 Å². The van der Waals surface area contributed by atoms with Crippen molar-refractivity contribution in [1.29, 1.82) is 0 Å². The van der Waals surface area contributed by atoms with Crippen molar-refractivity contribution in [2.45, 2.75) is 46.5 Å². The maximum Gasteiger partial charge on any atom is 2.00 e. The first-order chi connectivity index (χ1) is 11.4. The molecule has 2 heteroatoms. The summed E-state index contributed by atoms with van der Waals surface area (Å²) in [4.78, 5) is 11.7. The summed E-state index contributed by atoms with van der Waals surface area (Å²) in [5.41, 5.74) is 3.59. The van der Waals surface area contributed by atoms with E-state index in [2.05, 4.69) is 45.1 Å². The van der Waals surface area contributed by atoms with Crippen LogP contribution in [0.5, 0.6) is 0 Å². The normalized spacial score (nSPS) is 15.0. The molecule has 0 heterocycles. The van der Waals surface area contributed by atoms with Crippen LogP contribution in [0.3, 0.4) is 0 Å². The molecule has 0 N–H and O–H groups in total. The number of hydrogen-bond acceptors (Lipinski definition) is 1. The molecule has 0 bridgehead atoms. The molecule has 0 spiro atoms. The fraction of sp³-hybridized carbons (Fsp3) is 0.348. The number of ketones is 1. The molecule has 1 nitrogen and oxygen atoms in total. The SMILES string of the molecule is CC(C)(C)CC1=[C-]CC=C1.O=C(Cc1ccccc1)C1=[C-]CC=C1.[Fe+2]. The Morgan fingerprint density at radius 2 is 1.64 bits per heavy atom. The van der Waals surface area contributed by atoms with E-state index in [0.29, 0.717) is 11.8 Å². The number of carbonyl (C=O) groups excluding carboxylic acids is 1. The smallest absolute Gasteiger partial charge is 0.370 e. The fourth-order valence-corrected chi connectivity index (χ4v) is 2.62. The van der Waals surface area contributed by atoms with Crippen LogP contribution in [0.2, 0.25) is 0 Å². The Balaban J connectivity index is 0.000000254. The topological polar surface area (TPSA) is 17.1 Å². The van der Waals surface area contributed by atoms with Gasteiger partial charge in [-0.15, -0.1) is 12.5 Å². The molecule has 0 atom stereocenters. The van der Waals surface area contributed by atoms with Crippen molar-refractivity contribution in [2.75, 3.05) is 0 Å². The molecule has 1 aromatic rings. The van der Waals surface area contributed by atoms with Crippen molar-refractivity contribution >= 4 is 5.78 Å². The van der Waals surface area contributed by atoms with Gasteiger partial charge in [-0.25, -0.2) is 11.6 Å². The van der Waals surface area contributed by atoms with Gasteiger partial charge < -0.3 is 4.79 Å². The van der Waals surface area contributed by atoms with Crippen LogP contribution < -0.4 is 0 Å². The number of rotatable bonds is 4. The Morgan fingerprint density at radius 1 is 1.00 bits per heavy atom. The van der Waals surface area contributed by atoms with Gasteiger partial charge in [0.2, 0.25) is 0 Å². The van der Waals surface area contributed by atoms with Crippen LogP contribution in [0, 0.1) is 17.6 Å². The zero-order chi connectivity index (χ0) is 17.4. The molecule has 0 amide bonds. The summed E-state index contributed by atoms with van der Waals surface area (Å²) in [5, 5.41) is 0. The monoisotopic (exact) mass is 374 g/mol. The maximum absolute atomic E-state index is 11.7. The Bertz CT molecular complexity index is 670. The molecule has 1 aromatic carbocycles.